The van der Waals surface area contributed by atoms with Crippen molar-refractivity contribution >= 4 is 35.2 Å². The minimum atomic E-state index is -0.488. The molecule has 6 heteroatoms. The van der Waals surface area contributed by atoms with Gasteiger partial charge in [0.25, 0.3) is 0 Å². The van der Waals surface area contributed by atoms with Crippen LogP contribution in [0.3, 0.4) is 0 Å². The number of amides is 2. The van der Waals surface area contributed by atoms with E-state index >= 15 is 0 Å². The molecule has 0 aliphatic rings. The topological polar surface area (TPSA) is 49.4 Å². The Hall–Kier alpha value is -1.98. The molecule has 2 aromatic carbocycles. The van der Waals surface area contributed by atoms with E-state index in [2.05, 4.69) is 5.32 Å². The Balaban J connectivity index is 2.10. The molecule has 0 unspecified atom stereocenters. The smallest absolute Gasteiger partial charge is 0.243 e. The number of benzene rings is 2. The largest absolute Gasteiger partial charge is 0.352 e. The predicted octanol–water partition coefficient (Wildman–Crippen LogP) is 5.30. The first kappa shape index (κ1) is 24.3. The Morgan fingerprint density at radius 2 is 1.73 bits per heavy atom. The standard InChI is InChI=1S/C24H31ClN2O2S/c1-4-18(3)26-24(29)22(5-2)27(15-19-10-7-6-8-11-19)23(28)17-30-16-20-12-9-13-21(25)14-20/h6-14,18,22H,4-5,15-17H2,1-3H3,(H,26,29)/t18-,22-/m1/s1. The third-order valence-corrected chi connectivity index (χ3v) is 6.19. The lowest BCUT2D eigenvalue weighted by molar-refractivity contribution is -0.139. The molecule has 4 nitrogen and oxygen atoms in total. The van der Waals surface area contributed by atoms with Gasteiger partial charge in [0, 0.05) is 23.4 Å². The minimum absolute atomic E-state index is 0.0305. The number of carbonyl (C=O) groups is 2. The molecule has 2 aromatic rings. The summed E-state index contributed by atoms with van der Waals surface area (Å²) in [5.41, 5.74) is 2.09. The highest BCUT2D eigenvalue weighted by atomic mass is 35.5. The van der Waals surface area contributed by atoms with Crippen molar-refractivity contribution in [3.05, 3.63) is 70.7 Å². The van der Waals surface area contributed by atoms with Crippen LogP contribution in [0.4, 0.5) is 0 Å². The monoisotopic (exact) mass is 446 g/mol. The number of halogens is 1. The van der Waals surface area contributed by atoms with E-state index in [4.69, 9.17) is 11.6 Å². The summed E-state index contributed by atoms with van der Waals surface area (Å²) in [7, 11) is 0. The summed E-state index contributed by atoms with van der Waals surface area (Å²) in [6, 6.07) is 17.1. The van der Waals surface area contributed by atoms with Crippen molar-refractivity contribution in [2.24, 2.45) is 0 Å². The molecule has 0 aliphatic carbocycles. The minimum Gasteiger partial charge on any atom is -0.352 e. The third-order valence-electron chi connectivity index (χ3n) is 4.97. The van der Waals surface area contributed by atoms with E-state index < -0.39 is 6.04 Å². The maximum Gasteiger partial charge on any atom is 0.243 e. The van der Waals surface area contributed by atoms with E-state index in [1.165, 1.54) is 11.8 Å². The van der Waals surface area contributed by atoms with Crippen LogP contribution in [0.5, 0.6) is 0 Å². The van der Waals surface area contributed by atoms with Gasteiger partial charge in [-0.2, -0.15) is 0 Å². The second-order valence-corrected chi connectivity index (χ2v) is 8.79. The van der Waals surface area contributed by atoms with Gasteiger partial charge < -0.3 is 10.2 Å². The van der Waals surface area contributed by atoms with E-state index in [0.717, 1.165) is 17.5 Å². The van der Waals surface area contributed by atoms with E-state index in [-0.39, 0.29) is 17.9 Å². The number of rotatable bonds is 11. The van der Waals surface area contributed by atoms with Gasteiger partial charge in [-0.15, -0.1) is 11.8 Å². The second kappa shape index (κ2) is 12.7. The van der Waals surface area contributed by atoms with Crippen LogP contribution in [0.2, 0.25) is 5.02 Å². The molecule has 0 saturated carbocycles. The first-order valence-corrected chi connectivity index (χ1v) is 11.9. The van der Waals surface area contributed by atoms with E-state index in [0.29, 0.717) is 29.5 Å². The normalized spacial score (nSPS) is 12.8. The number of hydrogen-bond acceptors (Lipinski definition) is 3. The van der Waals surface area contributed by atoms with Gasteiger partial charge in [0.1, 0.15) is 6.04 Å². The van der Waals surface area contributed by atoms with Crippen molar-refractivity contribution < 1.29 is 9.59 Å². The summed E-state index contributed by atoms with van der Waals surface area (Å²) >= 11 is 7.59. The van der Waals surface area contributed by atoms with Gasteiger partial charge in [0.2, 0.25) is 11.8 Å². The molecule has 0 fully saturated rings. The van der Waals surface area contributed by atoms with Crippen LogP contribution in [-0.4, -0.2) is 34.6 Å². The summed E-state index contributed by atoms with van der Waals surface area (Å²) in [6.45, 7) is 6.38. The molecule has 0 radical (unpaired) electrons. The zero-order valence-corrected chi connectivity index (χ0v) is 19.5. The summed E-state index contributed by atoms with van der Waals surface area (Å²) in [5, 5.41) is 3.73. The Labute approximate surface area is 189 Å². The number of nitrogens with one attached hydrogen (secondary N) is 1. The van der Waals surface area contributed by atoms with Gasteiger partial charge in [-0.1, -0.05) is 67.9 Å². The van der Waals surface area contributed by atoms with Crippen LogP contribution in [-0.2, 0) is 21.9 Å². The van der Waals surface area contributed by atoms with E-state index in [1.807, 2.05) is 75.4 Å². The molecule has 2 rings (SSSR count). The highest BCUT2D eigenvalue weighted by Gasteiger charge is 2.29. The second-order valence-electron chi connectivity index (χ2n) is 7.37. The van der Waals surface area contributed by atoms with Gasteiger partial charge >= 0.3 is 0 Å². The molecule has 0 aromatic heterocycles. The number of nitrogens with zero attached hydrogens (tertiary/aromatic N) is 1. The molecule has 0 bridgehead atoms. The van der Waals surface area contributed by atoms with E-state index in [1.54, 1.807) is 4.90 Å². The molecule has 1 N–H and O–H groups in total. The quantitative estimate of drug-likeness (QED) is 0.509. The zero-order valence-electron chi connectivity index (χ0n) is 17.9. The number of thioether (sulfide) groups is 1. The molecule has 0 saturated heterocycles. The zero-order chi connectivity index (χ0) is 21.9. The van der Waals surface area contributed by atoms with Crippen molar-refractivity contribution in [2.75, 3.05) is 5.75 Å². The maximum atomic E-state index is 13.2. The molecular formula is C24H31ClN2O2S. The van der Waals surface area contributed by atoms with Gasteiger partial charge in [0.15, 0.2) is 0 Å². The predicted molar refractivity (Wildman–Crippen MR) is 127 cm³/mol. The lowest BCUT2D eigenvalue weighted by Gasteiger charge is -2.31. The van der Waals surface area contributed by atoms with Crippen molar-refractivity contribution in [2.45, 2.75) is 58.0 Å². The van der Waals surface area contributed by atoms with Gasteiger partial charge in [-0.25, -0.2) is 0 Å². The van der Waals surface area contributed by atoms with Crippen molar-refractivity contribution in [3.8, 4) is 0 Å². The van der Waals surface area contributed by atoms with Crippen molar-refractivity contribution in [3.63, 3.8) is 0 Å². The van der Waals surface area contributed by atoms with Gasteiger partial charge in [-0.05, 0) is 43.0 Å². The van der Waals surface area contributed by atoms with Gasteiger partial charge in [-0.3, -0.25) is 9.59 Å². The van der Waals surface area contributed by atoms with Crippen LogP contribution in [0.15, 0.2) is 54.6 Å². The summed E-state index contributed by atoms with van der Waals surface area (Å²) in [6.07, 6.45) is 1.42. The van der Waals surface area contributed by atoms with Crippen LogP contribution in [0, 0.1) is 0 Å². The third kappa shape index (κ3) is 7.69. The SMILES string of the molecule is CC[C@@H](C)NC(=O)[C@@H](CC)N(Cc1ccccc1)C(=O)CSCc1cccc(Cl)c1. The molecule has 0 heterocycles. The van der Waals surface area contributed by atoms with E-state index in [9.17, 15) is 9.59 Å². The molecule has 30 heavy (non-hydrogen) atoms. The summed E-state index contributed by atoms with van der Waals surface area (Å²) < 4.78 is 0. The molecule has 162 valence electrons. The van der Waals surface area contributed by atoms with Crippen molar-refractivity contribution in [1.82, 2.24) is 10.2 Å². The molecule has 2 atom stereocenters. The first-order chi connectivity index (χ1) is 14.4. The average Bonchev–Trinajstić information content (AvgIpc) is 2.74. The van der Waals surface area contributed by atoms with Gasteiger partial charge in [0.05, 0.1) is 5.75 Å². The summed E-state index contributed by atoms with van der Waals surface area (Å²) in [5.74, 6) is 0.890. The maximum absolute atomic E-state index is 13.2. The highest BCUT2D eigenvalue weighted by molar-refractivity contribution is 7.99. The van der Waals surface area contributed by atoms with Crippen LogP contribution >= 0.6 is 23.4 Å². The fourth-order valence-electron chi connectivity index (χ4n) is 3.11. The number of carbonyl (C=O) groups excluding carboxylic acids is 2. The van der Waals surface area contributed by atoms with Crippen LogP contribution in [0.1, 0.15) is 44.7 Å². The Bertz CT molecular complexity index is 816. The Morgan fingerprint density at radius 3 is 2.37 bits per heavy atom. The lowest BCUT2D eigenvalue weighted by Crippen LogP contribution is -2.51. The lowest BCUT2D eigenvalue weighted by atomic mass is 10.1. The highest BCUT2D eigenvalue weighted by Crippen LogP contribution is 2.19. The summed E-state index contributed by atoms with van der Waals surface area (Å²) in [4.78, 5) is 27.8. The molecule has 0 aliphatic heterocycles. The Kier molecular flexibility index (Phi) is 10.2. The first-order valence-electron chi connectivity index (χ1n) is 10.4. The fourth-order valence-corrected chi connectivity index (χ4v) is 4.18. The fraction of sp³-hybridized carbons (Fsp3) is 0.417. The Morgan fingerprint density at radius 1 is 1.03 bits per heavy atom. The van der Waals surface area contributed by atoms with Crippen molar-refractivity contribution in [1.29, 1.82) is 0 Å². The number of hydrogen-bond donors (Lipinski definition) is 1. The molecule has 0 spiro atoms. The molecule has 2 amide bonds. The van der Waals surface area contributed by atoms with Crippen LogP contribution in [0.25, 0.3) is 0 Å². The van der Waals surface area contributed by atoms with Crippen LogP contribution < -0.4 is 5.32 Å². The average molecular weight is 447 g/mol. The molecular weight excluding hydrogens is 416 g/mol.